The molecule has 1 saturated heterocycles. The lowest BCUT2D eigenvalue weighted by molar-refractivity contribution is -0.132. The Hall–Kier alpha value is -3.35. The molecule has 1 amide bonds. The Labute approximate surface area is 181 Å². The number of hydrogen-bond acceptors (Lipinski definition) is 5. The lowest BCUT2D eigenvalue weighted by atomic mass is 10.0. The Morgan fingerprint density at radius 3 is 2.77 bits per heavy atom. The second-order valence-electron chi connectivity index (χ2n) is 7.95. The minimum absolute atomic E-state index is 0.0322. The van der Waals surface area contributed by atoms with Gasteiger partial charge in [0.15, 0.2) is 0 Å². The first-order chi connectivity index (χ1) is 15.0. The van der Waals surface area contributed by atoms with Crippen LogP contribution in [0.3, 0.4) is 0 Å². The number of carbonyl (C=O) groups is 1. The second-order valence-corrected chi connectivity index (χ2v) is 7.95. The van der Waals surface area contributed by atoms with Gasteiger partial charge in [-0.2, -0.15) is 0 Å². The van der Waals surface area contributed by atoms with Crippen molar-refractivity contribution in [1.82, 2.24) is 19.9 Å². The van der Waals surface area contributed by atoms with Crippen molar-refractivity contribution in [1.29, 1.82) is 0 Å². The number of nitrogens with zero attached hydrogens (tertiary/aromatic N) is 5. The van der Waals surface area contributed by atoms with Gasteiger partial charge in [-0.25, -0.2) is 14.4 Å². The van der Waals surface area contributed by atoms with Crippen molar-refractivity contribution in [2.75, 3.05) is 25.0 Å². The van der Waals surface area contributed by atoms with Crippen molar-refractivity contribution in [3.8, 4) is 11.1 Å². The third kappa shape index (κ3) is 4.87. The number of likely N-dealkylation sites (tertiary alicyclic amines) is 1. The fourth-order valence-corrected chi connectivity index (χ4v) is 4.10. The summed E-state index contributed by atoms with van der Waals surface area (Å²) in [4.78, 5) is 29.8. The van der Waals surface area contributed by atoms with E-state index in [1.165, 1.54) is 18.5 Å². The lowest BCUT2D eigenvalue weighted by Crippen LogP contribution is -2.33. The first-order valence-corrected chi connectivity index (χ1v) is 10.5. The van der Waals surface area contributed by atoms with Crippen LogP contribution >= 0.6 is 0 Å². The summed E-state index contributed by atoms with van der Waals surface area (Å²) in [5.74, 6) is -0.181. The molecule has 1 fully saturated rings. The number of carbonyl (C=O) groups excluding carboxylic acids is 1. The number of pyridine rings is 1. The van der Waals surface area contributed by atoms with Gasteiger partial charge < -0.3 is 9.80 Å². The molecule has 1 aliphatic heterocycles. The Kier molecular flexibility index (Phi) is 6.21. The SMILES string of the molecule is Cc1cc(-c2cncnc2)cc(C2CCCN2C(=O)CCN(C)c2cccc(F)c2)n1. The molecule has 3 heterocycles. The van der Waals surface area contributed by atoms with Crippen molar-refractivity contribution in [3.05, 3.63) is 72.3 Å². The van der Waals surface area contributed by atoms with Gasteiger partial charge in [0.2, 0.25) is 5.91 Å². The molecule has 0 N–H and O–H groups in total. The van der Waals surface area contributed by atoms with Crippen molar-refractivity contribution >= 4 is 11.6 Å². The summed E-state index contributed by atoms with van der Waals surface area (Å²) in [5.41, 5.74) is 4.51. The molecule has 1 aromatic carbocycles. The first kappa shape index (κ1) is 20.9. The van der Waals surface area contributed by atoms with E-state index in [1.807, 2.05) is 42.0 Å². The highest BCUT2D eigenvalue weighted by Gasteiger charge is 2.31. The summed E-state index contributed by atoms with van der Waals surface area (Å²) in [7, 11) is 1.87. The number of aromatic nitrogens is 3. The molecule has 0 saturated carbocycles. The number of aryl methyl sites for hydroxylation is 1. The Bertz CT molecular complexity index is 1060. The van der Waals surface area contributed by atoms with E-state index in [-0.39, 0.29) is 17.8 Å². The summed E-state index contributed by atoms with van der Waals surface area (Å²) in [6, 6.07) is 10.4. The predicted octanol–water partition coefficient (Wildman–Crippen LogP) is 4.18. The molecule has 160 valence electrons. The van der Waals surface area contributed by atoms with Crippen LogP contribution < -0.4 is 4.90 Å². The molecule has 2 aromatic heterocycles. The van der Waals surface area contributed by atoms with Crippen molar-refractivity contribution in [3.63, 3.8) is 0 Å². The largest absolute Gasteiger partial charge is 0.374 e. The molecule has 1 aliphatic rings. The number of hydrogen-bond donors (Lipinski definition) is 0. The van der Waals surface area contributed by atoms with Gasteiger partial charge in [0, 0.05) is 55.9 Å². The number of amides is 1. The molecule has 4 rings (SSSR count). The van der Waals surface area contributed by atoms with Crippen LogP contribution in [0.4, 0.5) is 10.1 Å². The maximum absolute atomic E-state index is 13.5. The number of rotatable bonds is 6. The van der Waals surface area contributed by atoms with Crippen LogP contribution in [0.1, 0.15) is 36.7 Å². The molecule has 1 unspecified atom stereocenters. The van der Waals surface area contributed by atoms with Gasteiger partial charge in [-0.3, -0.25) is 9.78 Å². The standard InChI is InChI=1S/C24H26FN5O/c1-17-11-18(19-14-26-16-27-15-19)12-22(28-17)23-7-4-9-30(23)24(31)8-10-29(2)21-6-3-5-20(25)13-21/h3,5-6,11-16,23H,4,7-10H2,1-2H3. The number of anilines is 1. The van der Waals surface area contributed by atoms with Crippen LogP contribution in [0.2, 0.25) is 0 Å². The summed E-state index contributed by atoms with van der Waals surface area (Å²) in [6.07, 6.45) is 7.30. The van der Waals surface area contributed by atoms with Crippen molar-refractivity contribution in [2.45, 2.75) is 32.2 Å². The van der Waals surface area contributed by atoms with E-state index in [0.717, 1.165) is 47.6 Å². The molecule has 0 aliphatic carbocycles. The predicted molar refractivity (Wildman–Crippen MR) is 118 cm³/mol. The maximum atomic E-state index is 13.5. The van der Waals surface area contributed by atoms with Gasteiger partial charge in [-0.1, -0.05) is 6.07 Å². The van der Waals surface area contributed by atoms with Crippen molar-refractivity contribution in [2.24, 2.45) is 0 Å². The van der Waals surface area contributed by atoms with Crippen LogP contribution in [-0.2, 0) is 4.79 Å². The van der Waals surface area contributed by atoms with E-state index >= 15 is 0 Å². The quantitative estimate of drug-likeness (QED) is 0.600. The van der Waals surface area contributed by atoms with Gasteiger partial charge in [0.25, 0.3) is 0 Å². The summed E-state index contributed by atoms with van der Waals surface area (Å²) in [5, 5.41) is 0. The molecular weight excluding hydrogens is 393 g/mol. The van der Waals surface area contributed by atoms with E-state index < -0.39 is 0 Å². The molecule has 0 spiro atoms. The topological polar surface area (TPSA) is 62.2 Å². The average molecular weight is 420 g/mol. The monoisotopic (exact) mass is 419 g/mol. The second kappa shape index (κ2) is 9.20. The van der Waals surface area contributed by atoms with Gasteiger partial charge in [0.1, 0.15) is 12.1 Å². The highest BCUT2D eigenvalue weighted by molar-refractivity contribution is 5.77. The van der Waals surface area contributed by atoms with Crippen LogP contribution in [-0.4, -0.2) is 45.9 Å². The Morgan fingerprint density at radius 2 is 2.00 bits per heavy atom. The molecule has 7 heteroatoms. The normalized spacial score (nSPS) is 15.8. The zero-order valence-corrected chi connectivity index (χ0v) is 17.8. The van der Waals surface area contributed by atoms with E-state index in [9.17, 15) is 9.18 Å². The molecule has 0 bridgehead atoms. The zero-order valence-electron chi connectivity index (χ0n) is 17.8. The fraction of sp³-hybridized carbons (Fsp3) is 0.333. The lowest BCUT2D eigenvalue weighted by Gasteiger charge is -2.26. The van der Waals surface area contributed by atoms with Crippen LogP contribution in [0.15, 0.2) is 55.1 Å². The Morgan fingerprint density at radius 1 is 1.19 bits per heavy atom. The maximum Gasteiger partial charge on any atom is 0.224 e. The molecular formula is C24H26FN5O. The Balaban J connectivity index is 1.47. The van der Waals surface area contributed by atoms with Gasteiger partial charge in [-0.05, 0) is 55.7 Å². The van der Waals surface area contributed by atoms with Crippen LogP contribution in [0.5, 0.6) is 0 Å². The molecule has 31 heavy (non-hydrogen) atoms. The fourth-order valence-electron chi connectivity index (χ4n) is 4.10. The average Bonchev–Trinajstić information content (AvgIpc) is 3.27. The van der Waals surface area contributed by atoms with Gasteiger partial charge >= 0.3 is 0 Å². The van der Waals surface area contributed by atoms with Crippen LogP contribution in [0, 0.1) is 12.7 Å². The number of benzene rings is 1. The summed E-state index contributed by atoms with van der Waals surface area (Å²) >= 11 is 0. The zero-order chi connectivity index (χ0) is 21.8. The highest BCUT2D eigenvalue weighted by Crippen LogP contribution is 2.33. The van der Waals surface area contributed by atoms with E-state index in [4.69, 9.17) is 4.98 Å². The van der Waals surface area contributed by atoms with Gasteiger partial charge in [0.05, 0.1) is 11.7 Å². The molecule has 6 nitrogen and oxygen atoms in total. The molecule has 1 atom stereocenters. The first-order valence-electron chi connectivity index (χ1n) is 10.5. The van der Waals surface area contributed by atoms with Crippen LogP contribution in [0.25, 0.3) is 11.1 Å². The number of halogens is 1. The molecule has 3 aromatic rings. The van der Waals surface area contributed by atoms with E-state index in [1.54, 1.807) is 18.5 Å². The third-order valence-corrected chi connectivity index (χ3v) is 5.69. The minimum atomic E-state index is -0.277. The van der Waals surface area contributed by atoms with Gasteiger partial charge in [-0.15, -0.1) is 0 Å². The smallest absolute Gasteiger partial charge is 0.224 e. The van der Waals surface area contributed by atoms with Crippen molar-refractivity contribution < 1.29 is 9.18 Å². The summed E-state index contributed by atoms with van der Waals surface area (Å²) < 4.78 is 13.5. The summed E-state index contributed by atoms with van der Waals surface area (Å²) in [6.45, 7) is 3.22. The van der Waals surface area contributed by atoms with E-state index in [0.29, 0.717) is 13.0 Å². The van der Waals surface area contributed by atoms with E-state index in [2.05, 4.69) is 9.97 Å². The molecule has 0 radical (unpaired) electrons. The third-order valence-electron chi connectivity index (χ3n) is 5.69. The highest BCUT2D eigenvalue weighted by atomic mass is 19.1. The minimum Gasteiger partial charge on any atom is -0.374 e.